The summed E-state index contributed by atoms with van der Waals surface area (Å²) in [6.07, 6.45) is 3.19. The summed E-state index contributed by atoms with van der Waals surface area (Å²) in [6.45, 7) is 3.74. The molecule has 0 saturated carbocycles. The van der Waals surface area contributed by atoms with Gasteiger partial charge in [-0.2, -0.15) is 0 Å². The number of rotatable bonds is 7. The van der Waals surface area contributed by atoms with Crippen molar-refractivity contribution in [2.45, 2.75) is 19.3 Å². The highest BCUT2D eigenvalue weighted by Gasteiger charge is 2.24. The van der Waals surface area contributed by atoms with Gasteiger partial charge in [-0.3, -0.25) is 9.42 Å². The minimum Gasteiger partial charge on any atom is -0.496 e. The first-order valence-electron chi connectivity index (χ1n) is 10.6. The Kier molecular flexibility index (Phi) is 6.36. The largest absolute Gasteiger partial charge is 0.496 e. The van der Waals surface area contributed by atoms with Crippen LogP contribution in [-0.4, -0.2) is 61.2 Å². The number of nitrogens with zero attached hydrogens (tertiary/aromatic N) is 4. The van der Waals surface area contributed by atoms with E-state index in [1.165, 1.54) is 5.56 Å². The second-order valence-corrected chi connectivity index (χ2v) is 8.19. The zero-order valence-corrected chi connectivity index (χ0v) is 18.0. The maximum absolute atomic E-state index is 12.9. The molecular formula is C23H28N4O4. The summed E-state index contributed by atoms with van der Waals surface area (Å²) < 4.78 is 10.0. The van der Waals surface area contributed by atoms with E-state index >= 15 is 0 Å². The van der Waals surface area contributed by atoms with Crippen molar-refractivity contribution in [2.24, 2.45) is 5.92 Å². The normalized spacial score (nSPS) is 17.0. The number of fused-ring (bicyclic) bond motifs is 1. The van der Waals surface area contributed by atoms with Gasteiger partial charge in [0.2, 0.25) is 11.0 Å². The minimum absolute atomic E-state index is 0.0755. The van der Waals surface area contributed by atoms with E-state index in [-0.39, 0.29) is 5.91 Å². The van der Waals surface area contributed by atoms with Crippen molar-refractivity contribution in [1.82, 2.24) is 15.0 Å². The Hall–Kier alpha value is -3.13. The summed E-state index contributed by atoms with van der Waals surface area (Å²) in [5.74, 6) is 1.29. The molecular weight excluding hydrogens is 396 g/mol. The number of amides is 1. The Bertz CT molecular complexity index is 1050. The van der Waals surface area contributed by atoms with E-state index in [9.17, 15) is 10.0 Å². The highest BCUT2D eigenvalue weighted by Crippen LogP contribution is 2.22. The molecule has 8 nitrogen and oxygen atoms in total. The highest BCUT2D eigenvalue weighted by molar-refractivity contribution is 5.96. The van der Waals surface area contributed by atoms with E-state index in [0.717, 1.165) is 44.6 Å². The number of para-hydroxylation sites is 1. The molecule has 0 unspecified atom stereocenters. The lowest BCUT2D eigenvalue weighted by Crippen LogP contribution is -2.42. The quantitative estimate of drug-likeness (QED) is 0.542. The average molecular weight is 425 g/mol. The van der Waals surface area contributed by atoms with Crippen LogP contribution in [0.5, 0.6) is 5.75 Å². The van der Waals surface area contributed by atoms with Crippen LogP contribution in [0.15, 0.2) is 47.1 Å². The lowest BCUT2D eigenvalue weighted by Gasteiger charge is -2.34. The Balaban J connectivity index is 1.33. The molecule has 1 fully saturated rings. The molecule has 1 saturated heterocycles. The first-order chi connectivity index (χ1) is 15.0. The molecule has 4 rings (SSSR count). The zero-order chi connectivity index (χ0) is 21.8. The maximum atomic E-state index is 12.9. The summed E-state index contributed by atoms with van der Waals surface area (Å²) in [5.41, 5.74) is 2.43. The first-order valence-corrected chi connectivity index (χ1v) is 10.6. The third-order valence-corrected chi connectivity index (χ3v) is 6.00. The van der Waals surface area contributed by atoms with Gasteiger partial charge in [0, 0.05) is 43.5 Å². The molecule has 31 heavy (non-hydrogen) atoms. The van der Waals surface area contributed by atoms with Gasteiger partial charge in [0.1, 0.15) is 5.75 Å². The van der Waals surface area contributed by atoms with Crippen molar-refractivity contribution in [1.29, 1.82) is 0 Å². The molecule has 0 radical (unpaired) electrons. The molecule has 0 aliphatic carbocycles. The SMILES string of the molecule is COc1ccccc1CCN1CCC[C@H](CN(C)C(=O)c2ccc3c(c2)no[n+]3[O-])C1. The van der Waals surface area contributed by atoms with Crippen LogP contribution in [0.4, 0.5) is 0 Å². The molecule has 164 valence electrons. The number of likely N-dealkylation sites (tertiary alicyclic amines) is 1. The minimum atomic E-state index is -0.0755. The average Bonchev–Trinajstić information content (AvgIpc) is 3.17. The summed E-state index contributed by atoms with van der Waals surface area (Å²) in [4.78, 5) is 17.5. The number of hydrogen-bond donors (Lipinski definition) is 0. The molecule has 0 spiro atoms. The summed E-state index contributed by atoms with van der Waals surface area (Å²) in [5, 5.41) is 15.1. The van der Waals surface area contributed by atoms with Crippen LogP contribution in [0.25, 0.3) is 11.0 Å². The Morgan fingerprint density at radius 3 is 3.03 bits per heavy atom. The fraction of sp³-hybridized carbons (Fsp3) is 0.435. The lowest BCUT2D eigenvalue weighted by atomic mass is 9.96. The van der Waals surface area contributed by atoms with Crippen LogP contribution >= 0.6 is 0 Å². The number of piperidine rings is 1. The molecule has 8 heteroatoms. The summed E-state index contributed by atoms with van der Waals surface area (Å²) in [6, 6.07) is 13.0. The fourth-order valence-corrected chi connectivity index (χ4v) is 4.39. The van der Waals surface area contributed by atoms with Gasteiger partial charge in [-0.25, -0.2) is 0 Å². The van der Waals surface area contributed by atoms with Crippen LogP contribution in [-0.2, 0) is 6.42 Å². The van der Waals surface area contributed by atoms with Gasteiger partial charge in [0.05, 0.1) is 7.11 Å². The molecule has 1 amide bonds. The van der Waals surface area contributed by atoms with Crippen molar-refractivity contribution >= 4 is 16.9 Å². The van der Waals surface area contributed by atoms with E-state index in [0.29, 0.717) is 34.0 Å². The number of hydrogen-bond acceptors (Lipinski definition) is 6. The van der Waals surface area contributed by atoms with Gasteiger partial charge in [-0.15, -0.1) is 0 Å². The molecule has 2 aromatic carbocycles. The number of aromatic nitrogens is 2. The van der Waals surface area contributed by atoms with Gasteiger partial charge < -0.3 is 19.7 Å². The van der Waals surface area contributed by atoms with Gasteiger partial charge in [0.25, 0.3) is 5.91 Å². The molecule has 1 atom stereocenters. The number of carbonyl (C=O) groups excluding carboxylic acids is 1. The van der Waals surface area contributed by atoms with Gasteiger partial charge >= 0.3 is 0 Å². The number of ether oxygens (including phenoxy) is 1. The van der Waals surface area contributed by atoms with Crippen molar-refractivity contribution in [2.75, 3.05) is 40.3 Å². The summed E-state index contributed by atoms with van der Waals surface area (Å²) >= 11 is 0. The highest BCUT2D eigenvalue weighted by atomic mass is 16.8. The second kappa shape index (κ2) is 9.34. The van der Waals surface area contributed by atoms with Crippen molar-refractivity contribution < 1.29 is 19.1 Å². The van der Waals surface area contributed by atoms with E-state index < -0.39 is 0 Å². The van der Waals surface area contributed by atoms with Crippen molar-refractivity contribution in [3.8, 4) is 5.75 Å². The van der Waals surface area contributed by atoms with Crippen LogP contribution in [0.1, 0.15) is 28.8 Å². The topological polar surface area (TPSA) is 85.8 Å². The van der Waals surface area contributed by atoms with Crippen molar-refractivity contribution in [3.63, 3.8) is 0 Å². The Morgan fingerprint density at radius 2 is 2.19 bits per heavy atom. The molecule has 0 N–H and O–H groups in total. The number of methoxy groups -OCH3 is 1. The number of benzene rings is 2. The van der Waals surface area contributed by atoms with E-state index in [1.807, 2.05) is 25.2 Å². The zero-order valence-electron chi connectivity index (χ0n) is 18.0. The lowest BCUT2D eigenvalue weighted by molar-refractivity contribution is -0.782. The fourth-order valence-electron chi connectivity index (χ4n) is 4.39. The Labute approximate surface area is 181 Å². The van der Waals surface area contributed by atoms with Gasteiger partial charge in [-0.05, 0) is 60.4 Å². The van der Waals surface area contributed by atoms with Crippen LogP contribution in [0.2, 0.25) is 0 Å². The van der Waals surface area contributed by atoms with E-state index in [1.54, 1.807) is 30.2 Å². The predicted octanol–water partition coefficient (Wildman–Crippen LogP) is 2.50. The molecule has 2 heterocycles. The molecule has 3 aromatic rings. The monoisotopic (exact) mass is 424 g/mol. The first kappa shape index (κ1) is 21.1. The van der Waals surface area contributed by atoms with Crippen LogP contribution in [0, 0.1) is 11.1 Å². The van der Waals surface area contributed by atoms with Crippen molar-refractivity contribution in [3.05, 3.63) is 58.8 Å². The maximum Gasteiger partial charge on any atom is 0.253 e. The number of carbonyl (C=O) groups is 1. The smallest absolute Gasteiger partial charge is 0.253 e. The van der Waals surface area contributed by atoms with Gasteiger partial charge in [0.15, 0.2) is 0 Å². The standard InChI is InChI=1S/C23H28N4O4/c1-25(23(28)19-9-10-21-20(14-19)24-31-27(21)29)15-17-6-5-12-26(16-17)13-11-18-7-3-4-8-22(18)30-2/h3-4,7-10,14,17H,5-6,11-13,15-16H2,1-2H3/t17-/m1/s1. The molecule has 1 aliphatic rings. The third kappa shape index (κ3) is 4.80. The van der Waals surface area contributed by atoms with Crippen LogP contribution in [0.3, 0.4) is 0 Å². The summed E-state index contributed by atoms with van der Waals surface area (Å²) in [7, 11) is 3.54. The van der Waals surface area contributed by atoms with E-state index in [4.69, 9.17) is 4.74 Å². The molecule has 0 bridgehead atoms. The molecule has 1 aromatic heterocycles. The van der Waals surface area contributed by atoms with Gasteiger partial charge in [-0.1, -0.05) is 18.2 Å². The van der Waals surface area contributed by atoms with E-state index in [2.05, 4.69) is 20.8 Å². The molecule has 1 aliphatic heterocycles. The predicted molar refractivity (Wildman–Crippen MR) is 116 cm³/mol. The second-order valence-electron chi connectivity index (χ2n) is 8.19. The third-order valence-electron chi connectivity index (χ3n) is 6.00. The van der Waals surface area contributed by atoms with Crippen LogP contribution < -0.4 is 9.64 Å². The Morgan fingerprint density at radius 1 is 1.35 bits per heavy atom.